The molecular weight excluding hydrogens is 323 g/mol. The van der Waals surface area contributed by atoms with Crippen LogP contribution >= 0.6 is 46.6 Å². The topological polar surface area (TPSA) is 17.1 Å². The Kier molecular flexibility index (Phi) is 4.80. The summed E-state index contributed by atoms with van der Waals surface area (Å²) in [6.45, 7) is 0. The maximum atomic E-state index is 12.4. The van der Waals surface area contributed by atoms with Gasteiger partial charge in [0.05, 0.1) is 15.6 Å². The number of benzene rings is 2. The molecule has 0 bridgehead atoms. The Morgan fingerprint density at radius 3 is 2.00 bits per heavy atom. The fourth-order valence-corrected chi connectivity index (χ4v) is 3.04. The van der Waals surface area contributed by atoms with Crippen LogP contribution in [0.4, 0.5) is 0 Å². The molecule has 0 saturated heterocycles. The van der Waals surface area contributed by atoms with Gasteiger partial charge in [-0.3, -0.25) is 4.79 Å². The molecule has 1 nitrogen and oxygen atoms in total. The summed E-state index contributed by atoms with van der Waals surface area (Å²) >= 11 is 19.5. The van der Waals surface area contributed by atoms with Crippen LogP contribution in [0.1, 0.15) is 15.9 Å². The van der Waals surface area contributed by atoms with Gasteiger partial charge in [-0.1, -0.05) is 34.8 Å². The Balaban J connectivity index is 2.44. The highest BCUT2D eigenvalue weighted by atomic mass is 35.5. The Morgan fingerprint density at radius 1 is 1.00 bits per heavy atom. The first-order valence-electron chi connectivity index (χ1n) is 5.36. The minimum atomic E-state index is -0.209. The van der Waals surface area contributed by atoms with Gasteiger partial charge in [-0.15, -0.1) is 11.8 Å². The van der Waals surface area contributed by atoms with Gasteiger partial charge >= 0.3 is 0 Å². The Hall–Kier alpha value is -0.670. The SMILES string of the molecule is CSc1ccc(C(=O)c2c(Cl)cc(Cl)cc2Cl)cc1. The average Bonchev–Trinajstić information content (AvgIpc) is 2.37. The van der Waals surface area contributed by atoms with Crippen molar-refractivity contribution >= 4 is 52.3 Å². The van der Waals surface area contributed by atoms with E-state index in [4.69, 9.17) is 34.8 Å². The quantitative estimate of drug-likeness (QED) is 0.538. The molecule has 19 heavy (non-hydrogen) atoms. The monoisotopic (exact) mass is 330 g/mol. The standard InChI is InChI=1S/C14H9Cl3OS/c1-19-10-4-2-8(3-5-10)14(18)13-11(16)6-9(15)7-12(13)17/h2-7H,1H3. The molecule has 0 radical (unpaired) electrons. The number of hydrogen-bond acceptors (Lipinski definition) is 2. The van der Waals surface area contributed by atoms with Crippen molar-refractivity contribution in [1.29, 1.82) is 0 Å². The molecule has 0 N–H and O–H groups in total. The molecule has 0 heterocycles. The van der Waals surface area contributed by atoms with Crippen LogP contribution < -0.4 is 0 Å². The van der Waals surface area contributed by atoms with E-state index in [0.717, 1.165) is 4.90 Å². The third-order valence-corrected chi connectivity index (χ3v) is 4.14. The largest absolute Gasteiger partial charge is 0.288 e. The molecule has 0 fully saturated rings. The van der Waals surface area contributed by atoms with Crippen LogP contribution in [0.25, 0.3) is 0 Å². The zero-order chi connectivity index (χ0) is 14.0. The van der Waals surface area contributed by atoms with E-state index in [0.29, 0.717) is 10.6 Å². The summed E-state index contributed by atoms with van der Waals surface area (Å²) in [6, 6.07) is 10.3. The zero-order valence-corrected chi connectivity index (χ0v) is 13.0. The molecule has 0 aromatic heterocycles. The second-order valence-electron chi connectivity index (χ2n) is 3.80. The number of halogens is 3. The number of hydrogen-bond donors (Lipinski definition) is 0. The van der Waals surface area contributed by atoms with Gasteiger partial charge in [-0.25, -0.2) is 0 Å². The van der Waals surface area contributed by atoms with Gasteiger partial charge in [0.2, 0.25) is 0 Å². The average molecular weight is 332 g/mol. The van der Waals surface area contributed by atoms with E-state index in [-0.39, 0.29) is 21.4 Å². The first-order valence-corrected chi connectivity index (χ1v) is 7.72. The Bertz CT molecular complexity index is 600. The van der Waals surface area contributed by atoms with E-state index >= 15 is 0 Å². The molecule has 0 aliphatic rings. The van der Waals surface area contributed by atoms with E-state index in [2.05, 4.69) is 0 Å². The van der Waals surface area contributed by atoms with Crippen molar-refractivity contribution in [3.05, 3.63) is 62.6 Å². The number of rotatable bonds is 3. The van der Waals surface area contributed by atoms with E-state index in [9.17, 15) is 4.79 Å². The second-order valence-corrected chi connectivity index (χ2v) is 5.93. The predicted octanol–water partition coefficient (Wildman–Crippen LogP) is 5.60. The van der Waals surface area contributed by atoms with Crippen molar-refractivity contribution in [1.82, 2.24) is 0 Å². The van der Waals surface area contributed by atoms with Crippen LogP contribution in [0, 0.1) is 0 Å². The third kappa shape index (κ3) is 3.26. The maximum Gasteiger partial charge on any atom is 0.196 e. The minimum absolute atomic E-state index is 0.209. The Labute approximate surface area is 130 Å². The molecule has 0 spiro atoms. The second kappa shape index (κ2) is 6.19. The van der Waals surface area contributed by atoms with Gasteiger partial charge in [-0.2, -0.15) is 0 Å². The lowest BCUT2D eigenvalue weighted by Crippen LogP contribution is -2.03. The fraction of sp³-hybridized carbons (Fsp3) is 0.0714. The van der Waals surface area contributed by atoms with Gasteiger partial charge in [0.1, 0.15) is 0 Å². The maximum absolute atomic E-state index is 12.4. The van der Waals surface area contributed by atoms with E-state index in [1.807, 2.05) is 18.4 Å². The molecule has 0 atom stereocenters. The minimum Gasteiger partial charge on any atom is -0.288 e. The predicted molar refractivity (Wildman–Crippen MR) is 83.1 cm³/mol. The lowest BCUT2D eigenvalue weighted by atomic mass is 10.0. The van der Waals surface area contributed by atoms with Crippen LogP contribution in [0.2, 0.25) is 15.1 Å². The highest BCUT2D eigenvalue weighted by Crippen LogP contribution is 2.31. The number of carbonyl (C=O) groups excluding carboxylic acids is 1. The highest BCUT2D eigenvalue weighted by Gasteiger charge is 2.17. The first-order chi connectivity index (χ1) is 9.02. The summed E-state index contributed by atoms with van der Waals surface area (Å²) in [7, 11) is 0. The summed E-state index contributed by atoms with van der Waals surface area (Å²) in [5.41, 5.74) is 0.827. The molecule has 5 heteroatoms. The van der Waals surface area contributed by atoms with Crippen LogP contribution in [0.5, 0.6) is 0 Å². The van der Waals surface area contributed by atoms with Crippen LogP contribution in [0.15, 0.2) is 41.3 Å². The molecule has 0 amide bonds. The van der Waals surface area contributed by atoms with Crippen molar-refractivity contribution in [2.75, 3.05) is 6.26 Å². The van der Waals surface area contributed by atoms with Crippen molar-refractivity contribution < 1.29 is 4.79 Å². The smallest absolute Gasteiger partial charge is 0.196 e. The number of thioether (sulfide) groups is 1. The van der Waals surface area contributed by atoms with Crippen LogP contribution in [0.3, 0.4) is 0 Å². The van der Waals surface area contributed by atoms with Gasteiger partial charge in [0.15, 0.2) is 5.78 Å². The molecule has 2 rings (SSSR count). The van der Waals surface area contributed by atoms with Crippen molar-refractivity contribution in [2.45, 2.75) is 4.90 Å². The summed E-state index contributed by atoms with van der Waals surface area (Å²) < 4.78 is 0. The normalized spacial score (nSPS) is 10.5. The van der Waals surface area contributed by atoms with Crippen LogP contribution in [-0.2, 0) is 0 Å². The van der Waals surface area contributed by atoms with Crippen molar-refractivity contribution in [3.8, 4) is 0 Å². The fourth-order valence-electron chi connectivity index (χ4n) is 1.65. The molecule has 2 aromatic carbocycles. The number of ketones is 1. The van der Waals surface area contributed by atoms with Gasteiger partial charge in [-0.05, 0) is 42.7 Å². The molecular formula is C14H9Cl3OS. The van der Waals surface area contributed by atoms with Crippen molar-refractivity contribution in [2.24, 2.45) is 0 Å². The Morgan fingerprint density at radius 2 is 1.53 bits per heavy atom. The van der Waals surface area contributed by atoms with E-state index < -0.39 is 0 Å². The lowest BCUT2D eigenvalue weighted by molar-refractivity contribution is 0.103. The first kappa shape index (κ1) is 14.7. The molecule has 98 valence electrons. The van der Waals surface area contributed by atoms with Crippen LogP contribution in [-0.4, -0.2) is 12.0 Å². The summed E-state index contributed by atoms with van der Waals surface area (Å²) in [4.78, 5) is 13.5. The summed E-state index contributed by atoms with van der Waals surface area (Å²) in [5.74, 6) is -0.209. The molecule has 0 aliphatic heterocycles. The third-order valence-electron chi connectivity index (χ3n) is 2.59. The van der Waals surface area contributed by atoms with Crippen molar-refractivity contribution in [3.63, 3.8) is 0 Å². The van der Waals surface area contributed by atoms with E-state index in [1.54, 1.807) is 23.9 Å². The van der Waals surface area contributed by atoms with Gasteiger partial charge in [0, 0.05) is 15.5 Å². The van der Waals surface area contributed by atoms with Gasteiger partial charge in [0.25, 0.3) is 0 Å². The highest BCUT2D eigenvalue weighted by molar-refractivity contribution is 7.98. The molecule has 2 aromatic rings. The number of carbonyl (C=O) groups is 1. The molecule has 0 saturated carbocycles. The lowest BCUT2D eigenvalue weighted by Gasteiger charge is -2.07. The summed E-state index contributed by atoms with van der Waals surface area (Å²) in [5, 5.41) is 0.928. The molecule has 0 aliphatic carbocycles. The zero-order valence-electron chi connectivity index (χ0n) is 9.91. The summed E-state index contributed by atoms with van der Waals surface area (Å²) in [6.07, 6.45) is 1.98. The molecule has 0 unspecified atom stereocenters. The van der Waals surface area contributed by atoms with Gasteiger partial charge < -0.3 is 0 Å². The van der Waals surface area contributed by atoms with E-state index in [1.165, 1.54) is 12.1 Å².